The topological polar surface area (TPSA) is 29.3 Å². The third-order valence-corrected chi connectivity index (χ3v) is 1.09. The van der Waals surface area contributed by atoms with Gasteiger partial charge in [0, 0.05) is 18.1 Å². The van der Waals surface area contributed by atoms with Crippen LogP contribution in [0.5, 0.6) is 0 Å². The molecule has 0 aliphatic rings. The van der Waals surface area contributed by atoms with Crippen molar-refractivity contribution in [3.63, 3.8) is 0 Å². The van der Waals surface area contributed by atoms with Crippen LogP contribution >= 0.6 is 0 Å². The van der Waals surface area contributed by atoms with E-state index in [1.54, 1.807) is 6.92 Å². The third kappa shape index (κ3) is 4.36. The molecule has 0 aliphatic carbocycles. The molecule has 0 saturated carbocycles. The fourth-order valence-electron chi connectivity index (χ4n) is 0.597. The molecule has 0 aliphatic heterocycles. The molecule has 0 heterocycles. The predicted molar refractivity (Wildman–Crippen MR) is 40.9 cm³/mol. The molecule has 0 unspecified atom stereocenters. The largest absolute Gasteiger partial charge is 0.403 e. The van der Waals surface area contributed by atoms with Crippen molar-refractivity contribution >= 4 is 0 Å². The van der Waals surface area contributed by atoms with Crippen molar-refractivity contribution in [2.24, 2.45) is 5.73 Å². The van der Waals surface area contributed by atoms with E-state index in [0.29, 0.717) is 5.70 Å². The van der Waals surface area contributed by atoms with Gasteiger partial charge in [-0.1, -0.05) is 6.58 Å². The number of allylic oxidation sites excluding steroid dienone is 1. The highest BCUT2D eigenvalue weighted by atomic mass is 19.3. The minimum atomic E-state index is -2.37. The lowest BCUT2D eigenvalue weighted by Gasteiger charge is -2.18. The summed E-state index contributed by atoms with van der Waals surface area (Å²) in [6.45, 7) is 4.80. The Morgan fingerprint density at radius 3 is 2.55 bits per heavy atom. The average Bonchev–Trinajstić information content (AvgIpc) is 1.86. The first-order valence-electron chi connectivity index (χ1n) is 3.16. The zero-order valence-electron chi connectivity index (χ0n) is 6.43. The van der Waals surface area contributed by atoms with Gasteiger partial charge in [0.05, 0.1) is 6.54 Å². The van der Waals surface area contributed by atoms with E-state index < -0.39 is 6.43 Å². The number of nitrogens with two attached hydrogens (primary N) is 1. The van der Waals surface area contributed by atoms with Gasteiger partial charge in [-0.15, -0.1) is 0 Å². The molecule has 0 aromatic rings. The highest BCUT2D eigenvalue weighted by Crippen LogP contribution is 2.04. The van der Waals surface area contributed by atoms with Gasteiger partial charge in [-0.25, -0.2) is 8.78 Å². The number of hydrogen-bond donors (Lipinski definition) is 1. The number of halogens is 2. The zero-order valence-corrected chi connectivity index (χ0v) is 6.43. The first-order chi connectivity index (χ1) is 5.07. The Balaban J connectivity index is 4.00. The Labute approximate surface area is 65.0 Å². The molecule has 0 amide bonds. The van der Waals surface area contributed by atoms with E-state index in [2.05, 4.69) is 6.58 Å². The van der Waals surface area contributed by atoms with Gasteiger partial charge in [0.15, 0.2) is 0 Å². The van der Waals surface area contributed by atoms with Crippen molar-refractivity contribution in [1.29, 1.82) is 0 Å². The Kier molecular flexibility index (Phi) is 4.26. The van der Waals surface area contributed by atoms with Gasteiger partial charge in [0.25, 0.3) is 6.43 Å². The van der Waals surface area contributed by atoms with Gasteiger partial charge in [-0.3, -0.25) is 0 Å². The molecule has 0 atom stereocenters. The molecule has 11 heavy (non-hydrogen) atoms. The summed E-state index contributed by atoms with van der Waals surface area (Å²) in [6.07, 6.45) is 0.203. The van der Waals surface area contributed by atoms with Crippen LogP contribution < -0.4 is 5.73 Å². The number of nitrogens with zero attached hydrogens (tertiary/aromatic N) is 1. The second-order valence-electron chi connectivity index (χ2n) is 2.12. The zero-order chi connectivity index (χ0) is 8.85. The maximum absolute atomic E-state index is 11.8. The van der Waals surface area contributed by atoms with Crippen LogP contribution in [0.15, 0.2) is 24.7 Å². The smallest absolute Gasteiger partial charge is 0.256 e. The highest BCUT2D eigenvalue weighted by molar-refractivity contribution is 4.96. The van der Waals surface area contributed by atoms with Gasteiger partial charge in [0.2, 0.25) is 0 Å². The van der Waals surface area contributed by atoms with E-state index in [0.717, 1.165) is 0 Å². The van der Waals surface area contributed by atoms with Crippen LogP contribution in [0.4, 0.5) is 8.78 Å². The molecule has 64 valence electrons. The first-order valence-corrected chi connectivity index (χ1v) is 3.16. The average molecular weight is 162 g/mol. The third-order valence-electron chi connectivity index (χ3n) is 1.09. The monoisotopic (exact) mass is 162 g/mol. The van der Waals surface area contributed by atoms with Crippen LogP contribution in [0.3, 0.4) is 0 Å². The summed E-state index contributed by atoms with van der Waals surface area (Å²) in [6, 6.07) is 0. The molecule has 0 saturated heterocycles. The normalized spacial score (nSPS) is 10.9. The van der Waals surface area contributed by atoms with E-state index in [1.807, 2.05) is 0 Å². The van der Waals surface area contributed by atoms with E-state index in [1.165, 1.54) is 17.3 Å². The van der Waals surface area contributed by atoms with E-state index >= 15 is 0 Å². The summed E-state index contributed by atoms with van der Waals surface area (Å²) in [5.74, 6) is 0. The summed E-state index contributed by atoms with van der Waals surface area (Å²) in [4.78, 5) is 1.30. The van der Waals surface area contributed by atoms with Gasteiger partial charge in [-0.2, -0.15) is 0 Å². The molecule has 0 bridgehead atoms. The summed E-state index contributed by atoms with van der Waals surface area (Å²) >= 11 is 0. The number of rotatable bonds is 4. The second-order valence-corrected chi connectivity index (χ2v) is 2.12. The van der Waals surface area contributed by atoms with Crippen LogP contribution in [-0.4, -0.2) is 17.9 Å². The fraction of sp³-hybridized carbons (Fsp3) is 0.429. The molecule has 4 heteroatoms. The highest BCUT2D eigenvalue weighted by Gasteiger charge is 2.07. The molecule has 2 nitrogen and oxygen atoms in total. The van der Waals surface area contributed by atoms with Crippen LogP contribution in [-0.2, 0) is 0 Å². The van der Waals surface area contributed by atoms with Crippen molar-refractivity contribution in [2.75, 3.05) is 6.54 Å². The molecule has 0 aromatic heterocycles. The van der Waals surface area contributed by atoms with E-state index in [9.17, 15) is 8.78 Å². The Morgan fingerprint density at radius 1 is 1.73 bits per heavy atom. The van der Waals surface area contributed by atoms with Crippen LogP contribution in [0, 0.1) is 0 Å². The number of alkyl halides is 2. The minimum absolute atomic E-state index is 0.358. The maximum atomic E-state index is 11.8. The van der Waals surface area contributed by atoms with Gasteiger partial charge in [-0.05, 0) is 6.92 Å². The van der Waals surface area contributed by atoms with E-state index in [4.69, 9.17) is 5.73 Å². The molecule has 0 aromatic carbocycles. The van der Waals surface area contributed by atoms with Crippen molar-refractivity contribution < 1.29 is 8.78 Å². The lowest BCUT2D eigenvalue weighted by Crippen LogP contribution is -2.21. The summed E-state index contributed by atoms with van der Waals surface area (Å²) in [5.41, 5.74) is 5.58. The van der Waals surface area contributed by atoms with Gasteiger partial charge >= 0.3 is 0 Å². The molecular formula is C7H12F2N2. The van der Waals surface area contributed by atoms with E-state index in [-0.39, 0.29) is 6.54 Å². The summed E-state index contributed by atoms with van der Waals surface area (Å²) in [7, 11) is 0. The van der Waals surface area contributed by atoms with Crippen molar-refractivity contribution in [3.05, 3.63) is 24.7 Å². The molecule has 0 rings (SSSR count). The van der Waals surface area contributed by atoms with Gasteiger partial charge in [0.1, 0.15) is 0 Å². The molecule has 2 N–H and O–H groups in total. The lowest BCUT2D eigenvalue weighted by atomic mass is 10.4. The standard InChI is InChI=1S/C7H12F2N2/c1-6(2)11(4-3-10)5-7(8)9/h3-4,7H,1,5,10H2,2H3/b4-3-. The van der Waals surface area contributed by atoms with Gasteiger partial charge < -0.3 is 10.6 Å². The summed E-state index contributed by atoms with van der Waals surface area (Å²) in [5, 5.41) is 0. The quantitative estimate of drug-likeness (QED) is 0.679. The molecule has 0 spiro atoms. The summed E-state index contributed by atoms with van der Waals surface area (Å²) < 4.78 is 23.6. The fourth-order valence-corrected chi connectivity index (χ4v) is 0.597. The SMILES string of the molecule is C=C(C)N(/C=C\N)CC(F)F. The predicted octanol–water partition coefficient (Wildman–Crippen LogP) is 1.52. The molecular weight excluding hydrogens is 150 g/mol. The second kappa shape index (κ2) is 4.71. The van der Waals surface area contributed by atoms with Crippen molar-refractivity contribution in [3.8, 4) is 0 Å². The maximum Gasteiger partial charge on any atom is 0.256 e. The van der Waals surface area contributed by atoms with Crippen LogP contribution in [0.1, 0.15) is 6.92 Å². The first kappa shape index (κ1) is 9.94. The minimum Gasteiger partial charge on any atom is -0.403 e. The van der Waals surface area contributed by atoms with Crippen molar-refractivity contribution in [2.45, 2.75) is 13.3 Å². The van der Waals surface area contributed by atoms with Crippen LogP contribution in [0.25, 0.3) is 0 Å². The molecule has 0 radical (unpaired) electrons. The Bertz CT molecular complexity index is 155. The molecule has 0 fully saturated rings. The number of hydrogen-bond acceptors (Lipinski definition) is 2. The Morgan fingerprint density at radius 2 is 2.27 bits per heavy atom. The Hall–Kier alpha value is -1.06. The van der Waals surface area contributed by atoms with Crippen LogP contribution in [0.2, 0.25) is 0 Å². The lowest BCUT2D eigenvalue weighted by molar-refractivity contribution is 0.119. The van der Waals surface area contributed by atoms with Crippen molar-refractivity contribution in [1.82, 2.24) is 4.90 Å².